The molecule has 0 bridgehead atoms. The molecule has 4 heterocycles. The Bertz CT molecular complexity index is 1440. The quantitative estimate of drug-likeness (QED) is 0.204. The number of rotatable bonds is 12. The maximum absolute atomic E-state index is 12.9. The van der Waals surface area contributed by atoms with Gasteiger partial charge in [0, 0.05) is 36.7 Å². The third kappa shape index (κ3) is 6.17. The number of methoxy groups -OCH3 is 1. The van der Waals surface area contributed by atoms with E-state index in [4.69, 9.17) is 13.6 Å². The predicted octanol–water partition coefficient (Wildman–Crippen LogP) is 4.75. The molecule has 1 unspecified atom stereocenters. The smallest absolute Gasteiger partial charge is 0.263 e. The van der Waals surface area contributed by atoms with Crippen LogP contribution in [0.3, 0.4) is 0 Å². The molecule has 1 aromatic carbocycles. The second kappa shape index (κ2) is 11.8. The standard InChI is InChI=1S/C29H33N5O5/c1-18-9-10-19-13-21(25(37-3)14-23(19)32-18)26-15-31-28(39-26)22(33-27(36)20-16-34(2)17-20)7-5-4-6-8-24(35)29-30-11-12-38-29/h9-15,20,22H,4-8,16-17H2,1-3H3,(H,33,36). The van der Waals surface area contributed by atoms with Crippen LogP contribution in [0.4, 0.5) is 0 Å². The van der Waals surface area contributed by atoms with Crippen molar-refractivity contribution in [1.29, 1.82) is 0 Å². The third-order valence-corrected chi connectivity index (χ3v) is 7.06. The fourth-order valence-electron chi connectivity index (χ4n) is 4.88. The van der Waals surface area contributed by atoms with Crippen molar-refractivity contribution in [3.05, 3.63) is 60.4 Å². The summed E-state index contributed by atoms with van der Waals surface area (Å²) < 4.78 is 17.0. The summed E-state index contributed by atoms with van der Waals surface area (Å²) in [7, 11) is 3.61. The van der Waals surface area contributed by atoms with E-state index in [9.17, 15) is 9.59 Å². The number of carbonyl (C=O) groups is 2. The lowest BCUT2D eigenvalue weighted by Gasteiger charge is -2.35. The number of aromatic nitrogens is 3. The second-order valence-electron chi connectivity index (χ2n) is 10.1. The number of fused-ring (bicyclic) bond motifs is 1. The first-order valence-corrected chi connectivity index (χ1v) is 13.2. The second-order valence-corrected chi connectivity index (χ2v) is 10.1. The number of pyridine rings is 1. The van der Waals surface area contributed by atoms with Gasteiger partial charge in [0.25, 0.3) is 5.89 Å². The zero-order valence-corrected chi connectivity index (χ0v) is 22.5. The molecule has 5 rings (SSSR count). The first-order valence-electron chi connectivity index (χ1n) is 13.2. The van der Waals surface area contributed by atoms with Crippen LogP contribution in [0.2, 0.25) is 0 Å². The molecule has 3 aromatic heterocycles. The minimum Gasteiger partial charge on any atom is -0.496 e. The normalized spacial score (nSPS) is 14.7. The predicted molar refractivity (Wildman–Crippen MR) is 144 cm³/mol. The molecule has 1 N–H and O–H groups in total. The van der Waals surface area contributed by atoms with Crippen molar-refractivity contribution in [2.75, 3.05) is 27.2 Å². The van der Waals surface area contributed by atoms with Crippen molar-refractivity contribution >= 4 is 22.6 Å². The van der Waals surface area contributed by atoms with Crippen molar-refractivity contribution in [3.63, 3.8) is 0 Å². The van der Waals surface area contributed by atoms with Gasteiger partial charge < -0.3 is 23.8 Å². The molecule has 204 valence electrons. The lowest BCUT2D eigenvalue weighted by molar-refractivity contribution is -0.130. The van der Waals surface area contributed by atoms with E-state index < -0.39 is 0 Å². The zero-order valence-electron chi connectivity index (χ0n) is 22.5. The van der Waals surface area contributed by atoms with Gasteiger partial charge in [0.1, 0.15) is 18.1 Å². The number of aryl methyl sites for hydroxylation is 1. The van der Waals surface area contributed by atoms with E-state index in [2.05, 4.69) is 25.2 Å². The zero-order chi connectivity index (χ0) is 27.4. The fraction of sp³-hybridized carbons (Fsp3) is 0.414. The molecule has 0 saturated carbocycles. The Balaban J connectivity index is 1.29. The topological polar surface area (TPSA) is 124 Å². The number of amides is 1. The summed E-state index contributed by atoms with van der Waals surface area (Å²) >= 11 is 0. The Kier molecular flexibility index (Phi) is 8.02. The maximum atomic E-state index is 12.9. The molecule has 1 aliphatic rings. The molecule has 0 spiro atoms. The Morgan fingerprint density at radius 3 is 2.77 bits per heavy atom. The molecule has 1 amide bonds. The van der Waals surface area contributed by atoms with Crippen LogP contribution in [0.15, 0.2) is 51.8 Å². The number of ether oxygens (including phenoxy) is 1. The van der Waals surface area contributed by atoms with E-state index in [-0.39, 0.29) is 29.5 Å². The van der Waals surface area contributed by atoms with E-state index in [0.717, 1.165) is 48.1 Å². The van der Waals surface area contributed by atoms with E-state index in [0.29, 0.717) is 36.7 Å². The molecular formula is C29H33N5O5. The molecule has 4 aromatic rings. The maximum Gasteiger partial charge on any atom is 0.263 e. The summed E-state index contributed by atoms with van der Waals surface area (Å²) in [5, 5.41) is 4.12. The number of nitrogens with zero attached hydrogens (tertiary/aromatic N) is 4. The molecule has 1 fully saturated rings. The van der Waals surface area contributed by atoms with Crippen LogP contribution in [0, 0.1) is 12.8 Å². The van der Waals surface area contributed by atoms with Crippen LogP contribution < -0.4 is 10.1 Å². The SMILES string of the molecule is COc1cc2nc(C)ccc2cc1-c1cnc(C(CCCCCC(=O)c2ncco2)NC(=O)C2CN(C)C2)o1. The first-order chi connectivity index (χ1) is 18.9. The number of Topliss-reactive ketones (excluding diaryl/α,β-unsaturated/α-hetero) is 1. The average molecular weight is 532 g/mol. The van der Waals surface area contributed by atoms with Crippen LogP contribution in [0.1, 0.15) is 60.4 Å². The summed E-state index contributed by atoms with van der Waals surface area (Å²) in [5.41, 5.74) is 2.54. The van der Waals surface area contributed by atoms with Gasteiger partial charge in [-0.15, -0.1) is 0 Å². The molecule has 1 aliphatic heterocycles. The number of likely N-dealkylation sites (tertiary alicyclic amines) is 1. The van der Waals surface area contributed by atoms with Gasteiger partial charge in [0.2, 0.25) is 17.6 Å². The Morgan fingerprint density at radius 1 is 1.18 bits per heavy atom. The molecule has 0 aliphatic carbocycles. The lowest BCUT2D eigenvalue weighted by Crippen LogP contribution is -2.52. The molecule has 10 nitrogen and oxygen atoms in total. The van der Waals surface area contributed by atoms with Gasteiger partial charge in [0.05, 0.1) is 36.5 Å². The third-order valence-electron chi connectivity index (χ3n) is 7.06. The van der Waals surface area contributed by atoms with Crippen LogP contribution in [-0.2, 0) is 4.79 Å². The highest BCUT2D eigenvalue weighted by Gasteiger charge is 2.32. The van der Waals surface area contributed by atoms with Gasteiger partial charge in [-0.25, -0.2) is 9.97 Å². The van der Waals surface area contributed by atoms with Crippen molar-refractivity contribution in [2.24, 2.45) is 5.92 Å². The fourth-order valence-corrected chi connectivity index (χ4v) is 4.88. The average Bonchev–Trinajstić information content (AvgIpc) is 3.62. The van der Waals surface area contributed by atoms with Crippen LogP contribution in [0.5, 0.6) is 5.75 Å². The highest BCUT2D eigenvalue weighted by molar-refractivity contribution is 5.91. The summed E-state index contributed by atoms with van der Waals surface area (Å²) in [5.74, 6) is 1.65. The minimum atomic E-state index is -0.379. The number of carbonyl (C=O) groups excluding carboxylic acids is 2. The summed E-state index contributed by atoms with van der Waals surface area (Å²) in [6, 6.07) is 7.48. The Labute approximate surface area is 226 Å². The van der Waals surface area contributed by atoms with Gasteiger partial charge in [-0.1, -0.05) is 18.9 Å². The largest absolute Gasteiger partial charge is 0.496 e. The number of nitrogens with one attached hydrogen (secondary N) is 1. The lowest BCUT2D eigenvalue weighted by atomic mass is 9.99. The van der Waals surface area contributed by atoms with Gasteiger partial charge in [-0.05, 0) is 38.9 Å². The minimum absolute atomic E-state index is 0.00153. The van der Waals surface area contributed by atoms with E-state index >= 15 is 0 Å². The van der Waals surface area contributed by atoms with Crippen molar-refractivity contribution < 1.29 is 23.2 Å². The van der Waals surface area contributed by atoms with Crippen LogP contribution in [0.25, 0.3) is 22.2 Å². The summed E-state index contributed by atoms with van der Waals surface area (Å²) in [6.07, 6.45) is 7.84. The van der Waals surface area contributed by atoms with Gasteiger partial charge in [-0.2, -0.15) is 0 Å². The molecule has 0 radical (unpaired) electrons. The molecular weight excluding hydrogens is 498 g/mol. The number of ketones is 1. The summed E-state index contributed by atoms with van der Waals surface area (Å²) in [4.78, 5) is 40.2. The number of unbranched alkanes of at least 4 members (excludes halogenated alkanes) is 2. The van der Waals surface area contributed by atoms with Crippen molar-refractivity contribution in [1.82, 2.24) is 25.2 Å². The molecule has 1 saturated heterocycles. The number of hydrogen-bond donors (Lipinski definition) is 1. The van der Waals surface area contributed by atoms with Gasteiger partial charge in [-0.3, -0.25) is 14.6 Å². The highest BCUT2D eigenvalue weighted by atomic mass is 16.5. The molecule has 1 atom stereocenters. The Hall–Kier alpha value is -4.05. The monoisotopic (exact) mass is 531 g/mol. The highest BCUT2D eigenvalue weighted by Crippen LogP contribution is 2.35. The Morgan fingerprint density at radius 2 is 2.03 bits per heavy atom. The molecule has 10 heteroatoms. The van der Waals surface area contributed by atoms with E-state index in [1.165, 1.54) is 12.5 Å². The van der Waals surface area contributed by atoms with E-state index in [1.807, 2.05) is 38.2 Å². The van der Waals surface area contributed by atoms with E-state index in [1.54, 1.807) is 13.3 Å². The van der Waals surface area contributed by atoms with Gasteiger partial charge in [0.15, 0.2) is 5.76 Å². The summed E-state index contributed by atoms with van der Waals surface area (Å²) in [6.45, 7) is 3.42. The van der Waals surface area contributed by atoms with Crippen LogP contribution >= 0.6 is 0 Å². The number of hydrogen-bond acceptors (Lipinski definition) is 9. The molecule has 39 heavy (non-hydrogen) atoms. The van der Waals surface area contributed by atoms with Crippen molar-refractivity contribution in [3.8, 4) is 17.1 Å². The first kappa shape index (κ1) is 26.6. The van der Waals surface area contributed by atoms with Crippen LogP contribution in [-0.4, -0.2) is 58.8 Å². The number of benzene rings is 1. The van der Waals surface area contributed by atoms with Crippen molar-refractivity contribution in [2.45, 2.75) is 45.1 Å². The van der Waals surface area contributed by atoms with Gasteiger partial charge >= 0.3 is 0 Å². The number of oxazole rings is 2.